The maximum atomic E-state index is 6.32. The predicted octanol–water partition coefficient (Wildman–Crippen LogP) is 4.59. The van der Waals surface area contributed by atoms with Crippen LogP contribution < -0.4 is 5.73 Å². The lowest BCUT2D eigenvalue weighted by Crippen LogP contribution is -2.38. The van der Waals surface area contributed by atoms with Crippen molar-refractivity contribution in [1.82, 2.24) is 0 Å². The van der Waals surface area contributed by atoms with Gasteiger partial charge < -0.3 is 5.73 Å². The molecule has 1 heteroatoms. The summed E-state index contributed by atoms with van der Waals surface area (Å²) in [5, 5.41) is 0. The lowest BCUT2D eigenvalue weighted by Gasteiger charge is -2.27. The van der Waals surface area contributed by atoms with Gasteiger partial charge in [-0.2, -0.15) is 0 Å². The number of hydrogen-bond acceptors (Lipinski definition) is 1. The number of unbranched alkanes of at least 4 members (excludes halogenated alkanes) is 5. The highest BCUT2D eigenvalue weighted by molar-refractivity contribution is 4.95. The molecule has 0 fully saturated rings. The van der Waals surface area contributed by atoms with Crippen LogP contribution in [0.3, 0.4) is 0 Å². The quantitative estimate of drug-likeness (QED) is 0.402. The van der Waals surface area contributed by atoms with Crippen LogP contribution >= 0.6 is 0 Å². The highest BCUT2D eigenvalue weighted by Crippen LogP contribution is 2.21. The summed E-state index contributed by atoms with van der Waals surface area (Å²) in [6, 6.07) is 0. The maximum Gasteiger partial charge on any atom is 0.0223 e. The van der Waals surface area contributed by atoms with Crippen LogP contribution in [0.5, 0.6) is 0 Å². The van der Waals surface area contributed by atoms with Crippen molar-refractivity contribution in [1.29, 1.82) is 0 Å². The fourth-order valence-electron chi connectivity index (χ4n) is 2.12. The fourth-order valence-corrected chi connectivity index (χ4v) is 2.12. The van der Waals surface area contributed by atoms with E-state index in [1.165, 1.54) is 38.5 Å². The largest absolute Gasteiger partial charge is 0.325 e. The normalized spacial score (nSPS) is 11.4. The molecule has 0 spiro atoms. The van der Waals surface area contributed by atoms with E-state index in [-0.39, 0.29) is 5.54 Å². The van der Waals surface area contributed by atoms with E-state index in [0.717, 1.165) is 19.3 Å². The van der Waals surface area contributed by atoms with Crippen LogP contribution in [0.4, 0.5) is 0 Å². The molecule has 0 aliphatic carbocycles. The summed E-state index contributed by atoms with van der Waals surface area (Å²) >= 11 is 0. The molecule has 94 valence electrons. The van der Waals surface area contributed by atoms with Crippen molar-refractivity contribution in [3.63, 3.8) is 0 Å². The SMILES string of the molecule is C=CCC(N)(CC=C)CCCCCCCC. The van der Waals surface area contributed by atoms with E-state index in [9.17, 15) is 0 Å². The van der Waals surface area contributed by atoms with Crippen LogP contribution in [0.25, 0.3) is 0 Å². The van der Waals surface area contributed by atoms with Gasteiger partial charge in [-0.25, -0.2) is 0 Å². The molecule has 0 aliphatic rings. The molecule has 0 unspecified atom stereocenters. The van der Waals surface area contributed by atoms with Crippen molar-refractivity contribution >= 4 is 0 Å². The van der Waals surface area contributed by atoms with Gasteiger partial charge in [0.25, 0.3) is 0 Å². The minimum Gasteiger partial charge on any atom is -0.325 e. The molecule has 0 aromatic carbocycles. The van der Waals surface area contributed by atoms with Crippen LogP contribution in [-0.2, 0) is 0 Å². The summed E-state index contributed by atoms with van der Waals surface area (Å²) in [6.45, 7) is 9.81. The van der Waals surface area contributed by atoms with Gasteiger partial charge in [-0.1, -0.05) is 57.6 Å². The minimum absolute atomic E-state index is 0.0890. The van der Waals surface area contributed by atoms with Crippen molar-refractivity contribution < 1.29 is 0 Å². The predicted molar refractivity (Wildman–Crippen MR) is 74.5 cm³/mol. The third kappa shape index (κ3) is 7.70. The van der Waals surface area contributed by atoms with Gasteiger partial charge in [0.2, 0.25) is 0 Å². The van der Waals surface area contributed by atoms with E-state index in [0.29, 0.717) is 0 Å². The first kappa shape index (κ1) is 15.4. The van der Waals surface area contributed by atoms with Gasteiger partial charge >= 0.3 is 0 Å². The Hall–Kier alpha value is -0.560. The number of hydrogen-bond donors (Lipinski definition) is 1. The van der Waals surface area contributed by atoms with Crippen molar-refractivity contribution in [3.05, 3.63) is 25.3 Å². The summed E-state index contributed by atoms with van der Waals surface area (Å²) in [7, 11) is 0. The molecule has 0 saturated carbocycles. The van der Waals surface area contributed by atoms with Crippen LogP contribution in [0.1, 0.15) is 64.7 Å². The van der Waals surface area contributed by atoms with Gasteiger partial charge in [0.15, 0.2) is 0 Å². The Bertz CT molecular complexity index is 174. The van der Waals surface area contributed by atoms with Crippen LogP contribution in [0.2, 0.25) is 0 Å². The second-order valence-corrected chi connectivity index (χ2v) is 4.87. The zero-order valence-electron chi connectivity index (χ0n) is 11.0. The van der Waals surface area contributed by atoms with Gasteiger partial charge in [-0.15, -0.1) is 13.2 Å². The first-order valence-corrected chi connectivity index (χ1v) is 6.69. The van der Waals surface area contributed by atoms with Crippen molar-refractivity contribution in [3.8, 4) is 0 Å². The van der Waals surface area contributed by atoms with Gasteiger partial charge in [0, 0.05) is 5.54 Å². The van der Waals surface area contributed by atoms with E-state index < -0.39 is 0 Å². The van der Waals surface area contributed by atoms with E-state index in [2.05, 4.69) is 20.1 Å². The molecule has 0 atom stereocenters. The topological polar surface area (TPSA) is 26.0 Å². The summed E-state index contributed by atoms with van der Waals surface area (Å²) < 4.78 is 0. The number of nitrogens with two attached hydrogens (primary N) is 1. The molecule has 2 N–H and O–H groups in total. The number of rotatable bonds is 11. The average Bonchev–Trinajstić information content (AvgIpc) is 2.24. The summed E-state index contributed by atoms with van der Waals surface area (Å²) in [5.41, 5.74) is 6.23. The third-order valence-electron chi connectivity index (χ3n) is 3.13. The van der Waals surface area contributed by atoms with Crippen LogP contribution in [0, 0.1) is 0 Å². The minimum atomic E-state index is -0.0890. The van der Waals surface area contributed by atoms with Gasteiger partial charge in [-0.3, -0.25) is 0 Å². The molecule has 1 nitrogen and oxygen atoms in total. The lowest BCUT2D eigenvalue weighted by atomic mass is 9.86. The summed E-state index contributed by atoms with van der Waals surface area (Å²) in [5.74, 6) is 0. The molecule has 16 heavy (non-hydrogen) atoms. The maximum absolute atomic E-state index is 6.32. The van der Waals surface area contributed by atoms with Gasteiger partial charge in [0.1, 0.15) is 0 Å². The monoisotopic (exact) mass is 223 g/mol. The zero-order valence-corrected chi connectivity index (χ0v) is 11.0. The Kier molecular flexibility index (Phi) is 9.31. The highest BCUT2D eigenvalue weighted by atomic mass is 14.7. The molecular weight excluding hydrogens is 194 g/mol. The molecule has 0 aromatic rings. The Morgan fingerprint density at radius 1 is 0.938 bits per heavy atom. The molecule has 0 aromatic heterocycles. The average molecular weight is 223 g/mol. The molecule has 0 radical (unpaired) electrons. The fraction of sp³-hybridized carbons (Fsp3) is 0.733. The highest BCUT2D eigenvalue weighted by Gasteiger charge is 2.20. The summed E-state index contributed by atoms with van der Waals surface area (Å²) in [4.78, 5) is 0. The standard InChI is InChI=1S/C15H29N/c1-4-7-8-9-10-11-14-15(16,12-5-2)13-6-3/h5-6H,2-4,7-14,16H2,1H3. The van der Waals surface area contributed by atoms with Crippen LogP contribution in [-0.4, -0.2) is 5.54 Å². The van der Waals surface area contributed by atoms with Crippen molar-refractivity contribution in [2.45, 2.75) is 70.3 Å². The first-order chi connectivity index (χ1) is 7.68. The Balaban J connectivity index is 3.67. The molecule has 0 aliphatic heterocycles. The lowest BCUT2D eigenvalue weighted by molar-refractivity contribution is 0.380. The zero-order chi connectivity index (χ0) is 12.3. The van der Waals surface area contributed by atoms with Crippen molar-refractivity contribution in [2.24, 2.45) is 5.73 Å². The Morgan fingerprint density at radius 2 is 1.44 bits per heavy atom. The molecule has 0 bridgehead atoms. The van der Waals surface area contributed by atoms with Gasteiger partial charge in [0.05, 0.1) is 0 Å². The van der Waals surface area contributed by atoms with E-state index in [1.807, 2.05) is 12.2 Å². The molecule has 0 rings (SSSR count). The Morgan fingerprint density at radius 3 is 1.94 bits per heavy atom. The van der Waals surface area contributed by atoms with Crippen molar-refractivity contribution in [2.75, 3.05) is 0 Å². The molecular formula is C15H29N. The smallest absolute Gasteiger partial charge is 0.0223 e. The Labute approximate surface area is 102 Å². The second-order valence-electron chi connectivity index (χ2n) is 4.87. The van der Waals surface area contributed by atoms with Crippen LogP contribution in [0.15, 0.2) is 25.3 Å². The molecule has 0 amide bonds. The summed E-state index contributed by atoms with van der Waals surface area (Å²) in [6.07, 6.45) is 14.7. The second kappa shape index (κ2) is 9.65. The van der Waals surface area contributed by atoms with E-state index in [1.54, 1.807) is 0 Å². The van der Waals surface area contributed by atoms with E-state index in [4.69, 9.17) is 5.73 Å². The molecule has 0 saturated heterocycles. The molecule has 0 heterocycles. The van der Waals surface area contributed by atoms with Gasteiger partial charge in [-0.05, 0) is 19.3 Å². The van der Waals surface area contributed by atoms with E-state index >= 15 is 0 Å². The first-order valence-electron chi connectivity index (χ1n) is 6.69. The third-order valence-corrected chi connectivity index (χ3v) is 3.13.